The van der Waals surface area contributed by atoms with Gasteiger partial charge in [0.25, 0.3) is 0 Å². The first-order chi connectivity index (χ1) is 6.46. The highest BCUT2D eigenvalue weighted by Gasteiger charge is 2.27. The molecular formula is C10H12IO2P. The largest absolute Gasteiger partial charge is 0.480 e. The van der Waals surface area contributed by atoms with Gasteiger partial charge in [-0.1, -0.05) is 34.7 Å². The van der Waals surface area contributed by atoms with E-state index >= 15 is 0 Å². The van der Waals surface area contributed by atoms with Crippen LogP contribution < -0.4 is 4.52 Å². The summed E-state index contributed by atoms with van der Waals surface area (Å²) in [5.74, 6) is 0.684. The van der Waals surface area contributed by atoms with Crippen molar-refractivity contribution < 1.29 is 9.32 Å². The van der Waals surface area contributed by atoms with Gasteiger partial charge in [-0.3, -0.25) is 4.79 Å². The van der Waals surface area contributed by atoms with Gasteiger partial charge in [0.2, 0.25) is 0 Å². The molecule has 1 unspecified atom stereocenters. The SMILES string of the molecule is CC(C)(I)C(=O)c1ccccc1OP. The summed E-state index contributed by atoms with van der Waals surface area (Å²) in [7, 11) is 2.16. The third kappa shape index (κ3) is 2.67. The summed E-state index contributed by atoms with van der Waals surface area (Å²) in [5, 5.41) is 0. The van der Waals surface area contributed by atoms with Gasteiger partial charge in [0.15, 0.2) is 5.78 Å². The molecule has 76 valence electrons. The molecule has 1 aromatic rings. The Morgan fingerprint density at radius 2 is 2.00 bits per heavy atom. The molecule has 0 amide bonds. The second kappa shape index (κ2) is 4.58. The fourth-order valence-electron chi connectivity index (χ4n) is 1.08. The van der Waals surface area contributed by atoms with Crippen molar-refractivity contribution in [2.75, 3.05) is 0 Å². The summed E-state index contributed by atoms with van der Waals surface area (Å²) in [5.41, 5.74) is 0.627. The summed E-state index contributed by atoms with van der Waals surface area (Å²) < 4.78 is 4.65. The van der Waals surface area contributed by atoms with E-state index in [-0.39, 0.29) is 5.78 Å². The van der Waals surface area contributed by atoms with E-state index in [0.717, 1.165) is 0 Å². The second-order valence-corrected chi connectivity index (χ2v) is 6.35. The highest BCUT2D eigenvalue weighted by Crippen LogP contribution is 2.28. The van der Waals surface area contributed by atoms with Gasteiger partial charge in [-0.05, 0) is 26.0 Å². The summed E-state index contributed by atoms with van der Waals surface area (Å²) in [4.78, 5) is 11.9. The molecule has 1 aromatic carbocycles. The van der Waals surface area contributed by atoms with E-state index in [1.807, 2.05) is 26.0 Å². The zero-order valence-corrected chi connectivity index (χ0v) is 11.4. The molecule has 0 fully saturated rings. The molecule has 1 atom stereocenters. The molecule has 2 nitrogen and oxygen atoms in total. The standard InChI is InChI=1S/C10H12IO2P/c1-10(2,11)9(12)7-5-3-4-6-8(7)13-14/h3-6H,14H2,1-2H3. The number of carbonyl (C=O) groups excluding carboxylic acids is 1. The molecule has 0 N–H and O–H groups in total. The molecule has 0 aliphatic carbocycles. The molecule has 0 radical (unpaired) electrons. The average Bonchev–Trinajstić information content (AvgIpc) is 2.15. The summed E-state index contributed by atoms with van der Waals surface area (Å²) in [6.07, 6.45) is 0. The molecule has 1 rings (SSSR count). The van der Waals surface area contributed by atoms with Crippen molar-refractivity contribution >= 4 is 37.8 Å². The molecular weight excluding hydrogens is 310 g/mol. The molecule has 14 heavy (non-hydrogen) atoms. The normalized spacial score (nSPS) is 11.1. The highest BCUT2D eigenvalue weighted by atomic mass is 127. The van der Waals surface area contributed by atoms with Gasteiger partial charge in [0.05, 0.1) is 18.5 Å². The van der Waals surface area contributed by atoms with E-state index in [9.17, 15) is 4.79 Å². The molecule has 0 aliphatic rings. The van der Waals surface area contributed by atoms with Crippen molar-refractivity contribution in [2.24, 2.45) is 0 Å². The number of ketones is 1. The monoisotopic (exact) mass is 322 g/mol. The number of hydrogen-bond acceptors (Lipinski definition) is 2. The van der Waals surface area contributed by atoms with Crippen molar-refractivity contribution in [2.45, 2.75) is 17.3 Å². The van der Waals surface area contributed by atoms with E-state index in [0.29, 0.717) is 11.3 Å². The zero-order chi connectivity index (χ0) is 10.8. The number of para-hydroxylation sites is 1. The molecule has 0 saturated carbocycles. The minimum Gasteiger partial charge on any atom is -0.480 e. The number of alkyl halides is 1. The van der Waals surface area contributed by atoms with Crippen LogP contribution in [-0.2, 0) is 0 Å². The lowest BCUT2D eigenvalue weighted by Gasteiger charge is -2.16. The summed E-state index contributed by atoms with van der Waals surface area (Å²) in [6, 6.07) is 7.24. The van der Waals surface area contributed by atoms with Crippen molar-refractivity contribution in [3.63, 3.8) is 0 Å². The number of Topliss-reactive ketones (excluding diaryl/α,β-unsaturated/α-hetero) is 1. The third-order valence-corrected chi connectivity index (χ3v) is 2.54. The Morgan fingerprint density at radius 1 is 1.43 bits per heavy atom. The topological polar surface area (TPSA) is 26.3 Å². The van der Waals surface area contributed by atoms with Crippen LogP contribution >= 0.6 is 32.1 Å². The molecule has 0 bridgehead atoms. The first-order valence-electron chi connectivity index (χ1n) is 4.16. The Balaban J connectivity index is 3.13. The van der Waals surface area contributed by atoms with E-state index in [1.54, 1.807) is 12.1 Å². The second-order valence-electron chi connectivity index (χ2n) is 3.42. The molecule has 0 saturated heterocycles. The Labute approximate surface area is 99.8 Å². The van der Waals surface area contributed by atoms with E-state index in [1.165, 1.54) is 0 Å². The van der Waals surface area contributed by atoms with Crippen molar-refractivity contribution in [1.29, 1.82) is 0 Å². The predicted molar refractivity (Wildman–Crippen MR) is 69.2 cm³/mol. The van der Waals surface area contributed by atoms with Crippen molar-refractivity contribution in [3.8, 4) is 5.75 Å². The predicted octanol–water partition coefficient (Wildman–Crippen LogP) is 3.25. The fraction of sp³-hybridized carbons (Fsp3) is 0.300. The van der Waals surface area contributed by atoms with Crippen LogP contribution in [0.5, 0.6) is 5.75 Å². The van der Waals surface area contributed by atoms with Crippen LogP contribution in [0, 0.1) is 0 Å². The van der Waals surface area contributed by atoms with Crippen LogP contribution in [-0.4, -0.2) is 9.20 Å². The Kier molecular flexibility index (Phi) is 3.90. The minimum atomic E-state index is -0.406. The van der Waals surface area contributed by atoms with Crippen LogP contribution in [0.1, 0.15) is 24.2 Å². The number of hydrogen-bond donors (Lipinski definition) is 0. The van der Waals surface area contributed by atoms with Gasteiger partial charge in [-0.25, -0.2) is 0 Å². The van der Waals surface area contributed by atoms with Gasteiger partial charge in [-0.2, -0.15) is 0 Å². The zero-order valence-electron chi connectivity index (χ0n) is 8.08. The van der Waals surface area contributed by atoms with Crippen LogP contribution in [0.25, 0.3) is 0 Å². The lowest BCUT2D eigenvalue weighted by Crippen LogP contribution is -2.24. The van der Waals surface area contributed by atoms with Gasteiger partial charge in [-0.15, -0.1) is 0 Å². The summed E-state index contributed by atoms with van der Waals surface area (Å²) in [6.45, 7) is 3.77. The van der Waals surface area contributed by atoms with Crippen LogP contribution in [0.15, 0.2) is 24.3 Å². The maximum atomic E-state index is 11.9. The van der Waals surface area contributed by atoms with Gasteiger partial charge in [0, 0.05) is 0 Å². The average molecular weight is 322 g/mol. The maximum absolute atomic E-state index is 11.9. The fourth-order valence-corrected chi connectivity index (χ4v) is 1.57. The smallest absolute Gasteiger partial charge is 0.181 e. The van der Waals surface area contributed by atoms with Gasteiger partial charge >= 0.3 is 0 Å². The third-order valence-electron chi connectivity index (χ3n) is 1.80. The van der Waals surface area contributed by atoms with Crippen molar-refractivity contribution in [1.82, 2.24) is 0 Å². The van der Waals surface area contributed by atoms with E-state index in [4.69, 9.17) is 4.52 Å². The van der Waals surface area contributed by atoms with Crippen LogP contribution in [0.2, 0.25) is 0 Å². The van der Waals surface area contributed by atoms with E-state index < -0.39 is 3.42 Å². The maximum Gasteiger partial charge on any atom is 0.181 e. The number of rotatable bonds is 3. The van der Waals surface area contributed by atoms with Gasteiger partial charge < -0.3 is 4.52 Å². The Bertz CT molecular complexity index is 344. The van der Waals surface area contributed by atoms with Crippen LogP contribution in [0.4, 0.5) is 0 Å². The number of benzene rings is 1. The number of halogens is 1. The molecule has 0 aliphatic heterocycles. The Hall–Kier alpha value is -0.150. The van der Waals surface area contributed by atoms with Crippen LogP contribution in [0.3, 0.4) is 0 Å². The first kappa shape index (κ1) is 11.9. The molecule has 0 spiro atoms. The summed E-state index contributed by atoms with van der Waals surface area (Å²) >= 11 is 2.13. The Morgan fingerprint density at radius 3 is 2.50 bits per heavy atom. The van der Waals surface area contributed by atoms with E-state index in [2.05, 4.69) is 32.1 Å². The quantitative estimate of drug-likeness (QED) is 0.370. The molecule has 4 heteroatoms. The minimum absolute atomic E-state index is 0.0798. The highest BCUT2D eigenvalue weighted by molar-refractivity contribution is 14.1. The lowest BCUT2D eigenvalue weighted by molar-refractivity contribution is 0.0964. The molecule has 0 aromatic heterocycles. The number of carbonyl (C=O) groups is 1. The lowest BCUT2D eigenvalue weighted by atomic mass is 10.0. The van der Waals surface area contributed by atoms with Crippen molar-refractivity contribution in [3.05, 3.63) is 29.8 Å². The van der Waals surface area contributed by atoms with Gasteiger partial charge in [0.1, 0.15) is 5.75 Å². The first-order valence-corrected chi connectivity index (χ1v) is 5.71. The molecule has 0 heterocycles.